The Kier molecular flexibility index (Phi) is 3.39. The first-order chi connectivity index (χ1) is 7.70. The highest BCUT2D eigenvalue weighted by Gasteiger charge is 2.20. The molecule has 1 aromatic carbocycles. The number of halogens is 2. The highest BCUT2D eigenvalue weighted by Crippen LogP contribution is 2.27. The monoisotopic (exact) mass is 227 g/mol. The van der Waals surface area contributed by atoms with Crippen LogP contribution in [0.25, 0.3) is 0 Å². The molecule has 0 aromatic heterocycles. The SMILES string of the molecule is COc1cc(F)cc(F)c1CC1CCNC1. The quantitative estimate of drug-likeness (QED) is 0.854. The minimum atomic E-state index is -0.595. The largest absolute Gasteiger partial charge is 0.496 e. The summed E-state index contributed by atoms with van der Waals surface area (Å²) >= 11 is 0. The topological polar surface area (TPSA) is 21.3 Å². The minimum absolute atomic E-state index is 0.310. The first kappa shape index (κ1) is 11.3. The number of hydrogen-bond donors (Lipinski definition) is 1. The van der Waals surface area contributed by atoms with Crippen molar-refractivity contribution in [3.8, 4) is 5.75 Å². The van der Waals surface area contributed by atoms with Crippen molar-refractivity contribution in [2.45, 2.75) is 12.8 Å². The predicted octanol–water partition coefficient (Wildman–Crippen LogP) is 2.13. The molecule has 1 fully saturated rings. The zero-order valence-corrected chi connectivity index (χ0v) is 9.22. The van der Waals surface area contributed by atoms with Gasteiger partial charge in [-0.25, -0.2) is 8.78 Å². The van der Waals surface area contributed by atoms with Crippen molar-refractivity contribution in [3.05, 3.63) is 29.3 Å². The lowest BCUT2D eigenvalue weighted by Gasteiger charge is -2.13. The molecule has 1 aliphatic rings. The molecule has 1 saturated heterocycles. The number of benzene rings is 1. The second kappa shape index (κ2) is 4.78. The predicted molar refractivity (Wildman–Crippen MR) is 57.6 cm³/mol. The van der Waals surface area contributed by atoms with Crippen LogP contribution in [-0.4, -0.2) is 20.2 Å². The van der Waals surface area contributed by atoms with Crippen LogP contribution in [0.5, 0.6) is 5.75 Å². The fraction of sp³-hybridized carbons (Fsp3) is 0.500. The maximum atomic E-state index is 13.6. The minimum Gasteiger partial charge on any atom is -0.496 e. The summed E-state index contributed by atoms with van der Waals surface area (Å²) in [5.41, 5.74) is 0.484. The Morgan fingerprint density at radius 3 is 2.88 bits per heavy atom. The summed E-state index contributed by atoms with van der Waals surface area (Å²) in [6.07, 6.45) is 1.63. The van der Waals surface area contributed by atoms with E-state index < -0.39 is 11.6 Å². The van der Waals surface area contributed by atoms with E-state index in [4.69, 9.17) is 4.74 Å². The zero-order chi connectivity index (χ0) is 11.5. The Morgan fingerprint density at radius 1 is 1.44 bits per heavy atom. The van der Waals surface area contributed by atoms with E-state index in [0.717, 1.165) is 25.6 Å². The van der Waals surface area contributed by atoms with E-state index in [2.05, 4.69) is 5.32 Å². The molecule has 2 nitrogen and oxygen atoms in total. The van der Waals surface area contributed by atoms with Crippen molar-refractivity contribution in [2.24, 2.45) is 5.92 Å². The maximum Gasteiger partial charge on any atom is 0.133 e. The van der Waals surface area contributed by atoms with Gasteiger partial charge in [0.2, 0.25) is 0 Å². The highest BCUT2D eigenvalue weighted by atomic mass is 19.1. The van der Waals surface area contributed by atoms with Gasteiger partial charge in [0.25, 0.3) is 0 Å². The number of nitrogens with one attached hydrogen (secondary N) is 1. The molecule has 2 rings (SSSR count). The van der Waals surface area contributed by atoms with Crippen LogP contribution >= 0.6 is 0 Å². The van der Waals surface area contributed by atoms with Crippen LogP contribution in [0.3, 0.4) is 0 Å². The van der Waals surface area contributed by atoms with Crippen LogP contribution in [0.15, 0.2) is 12.1 Å². The number of methoxy groups -OCH3 is 1. The summed E-state index contributed by atoms with van der Waals surface area (Å²) in [5, 5.41) is 3.22. The van der Waals surface area contributed by atoms with Gasteiger partial charge in [0.05, 0.1) is 7.11 Å². The first-order valence-electron chi connectivity index (χ1n) is 5.43. The average molecular weight is 227 g/mol. The molecule has 0 saturated carbocycles. The van der Waals surface area contributed by atoms with Crippen molar-refractivity contribution in [1.82, 2.24) is 5.32 Å². The van der Waals surface area contributed by atoms with Gasteiger partial charge in [-0.1, -0.05) is 0 Å². The third-order valence-electron chi connectivity index (χ3n) is 2.99. The zero-order valence-electron chi connectivity index (χ0n) is 9.22. The Morgan fingerprint density at radius 2 is 2.25 bits per heavy atom. The van der Waals surface area contributed by atoms with Gasteiger partial charge < -0.3 is 10.1 Å². The van der Waals surface area contributed by atoms with E-state index in [9.17, 15) is 8.78 Å². The molecule has 1 unspecified atom stereocenters. The fourth-order valence-corrected chi connectivity index (χ4v) is 2.14. The van der Waals surface area contributed by atoms with Crippen molar-refractivity contribution in [1.29, 1.82) is 0 Å². The summed E-state index contributed by atoms with van der Waals surface area (Å²) in [7, 11) is 1.44. The molecule has 0 bridgehead atoms. The molecule has 0 amide bonds. The summed E-state index contributed by atoms with van der Waals surface area (Å²) < 4.78 is 31.6. The molecule has 0 radical (unpaired) electrons. The molecular weight excluding hydrogens is 212 g/mol. The maximum absolute atomic E-state index is 13.6. The molecule has 4 heteroatoms. The van der Waals surface area contributed by atoms with Gasteiger partial charge in [-0.15, -0.1) is 0 Å². The van der Waals surface area contributed by atoms with E-state index in [1.54, 1.807) is 0 Å². The molecule has 1 atom stereocenters. The lowest BCUT2D eigenvalue weighted by atomic mass is 9.97. The standard InChI is InChI=1S/C12H15F2NO/c1-16-12-6-9(13)5-11(14)10(12)4-8-2-3-15-7-8/h5-6,8,15H,2-4,7H2,1H3. The van der Waals surface area contributed by atoms with Gasteiger partial charge in [-0.3, -0.25) is 0 Å². The highest BCUT2D eigenvalue weighted by molar-refractivity contribution is 5.35. The van der Waals surface area contributed by atoms with E-state index in [-0.39, 0.29) is 0 Å². The van der Waals surface area contributed by atoms with E-state index >= 15 is 0 Å². The lowest BCUT2D eigenvalue weighted by Crippen LogP contribution is -2.12. The fourth-order valence-electron chi connectivity index (χ4n) is 2.14. The lowest BCUT2D eigenvalue weighted by molar-refractivity contribution is 0.394. The second-order valence-corrected chi connectivity index (χ2v) is 4.13. The summed E-state index contributed by atoms with van der Waals surface area (Å²) in [6, 6.07) is 2.15. The number of hydrogen-bond acceptors (Lipinski definition) is 2. The van der Waals surface area contributed by atoms with Gasteiger partial charge in [-0.2, -0.15) is 0 Å². The van der Waals surface area contributed by atoms with Gasteiger partial charge >= 0.3 is 0 Å². The average Bonchev–Trinajstić information content (AvgIpc) is 2.74. The Hall–Kier alpha value is -1.16. The molecule has 1 N–H and O–H groups in total. The summed E-state index contributed by atoms with van der Waals surface area (Å²) in [5.74, 6) is -0.385. The Bertz CT molecular complexity index is 376. The van der Waals surface area contributed by atoms with E-state index in [0.29, 0.717) is 23.7 Å². The van der Waals surface area contributed by atoms with Gasteiger partial charge in [0, 0.05) is 17.7 Å². The number of ether oxygens (including phenoxy) is 1. The van der Waals surface area contributed by atoms with Gasteiger partial charge in [-0.05, 0) is 31.8 Å². The third kappa shape index (κ3) is 2.32. The molecule has 0 aliphatic carbocycles. The smallest absolute Gasteiger partial charge is 0.133 e. The Labute approximate surface area is 93.6 Å². The van der Waals surface area contributed by atoms with Crippen molar-refractivity contribution in [2.75, 3.05) is 20.2 Å². The summed E-state index contributed by atoms with van der Waals surface area (Å²) in [4.78, 5) is 0. The first-order valence-corrected chi connectivity index (χ1v) is 5.43. The molecular formula is C12H15F2NO. The molecule has 16 heavy (non-hydrogen) atoms. The third-order valence-corrected chi connectivity index (χ3v) is 2.99. The summed E-state index contributed by atoms with van der Waals surface area (Å²) in [6.45, 7) is 1.86. The normalized spacial score (nSPS) is 20.1. The van der Waals surface area contributed by atoms with E-state index in [1.165, 1.54) is 13.2 Å². The number of rotatable bonds is 3. The van der Waals surface area contributed by atoms with E-state index in [1.807, 2.05) is 0 Å². The second-order valence-electron chi connectivity index (χ2n) is 4.13. The van der Waals surface area contributed by atoms with Crippen LogP contribution < -0.4 is 10.1 Å². The van der Waals surface area contributed by atoms with Crippen molar-refractivity contribution in [3.63, 3.8) is 0 Å². The molecule has 0 spiro atoms. The molecule has 1 aliphatic heterocycles. The van der Waals surface area contributed by atoms with Crippen molar-refractivity contribution < 1.29 is 13.5 Å². The van der Waals surface area contributed by atoms with Gasteiger partial charge in [0.1, 0.15) is 17.4 Å². The molecule has 88 valence electrons. The Balaban J connectivity index is 2.23. The van der Waals surface area contributed by atoms with Crippen LogP contribution in [0.2, 0.25) is 0 Å². The van der Waals surface area contributed by atoms with Crippen LogP contribution in [-0.2, 0) is 6.42 Å². The molecule has 1 heterocycles. The van der Waals surface area contributed by atoms with Crippen LogP contribution in [0.1, 0.15) is 12.0 Å². The molecule has 1 aromatic rings. The van der Waals surface area contributed by atoms with Crippen LogP contribution in [0.4, 0.5) is 8.78 Å². The van der Waals surface area contributed by atoms with Crippen molar-refractivity contribution >= 4 is 0 Å². The van der Waals surface area contributed by atoms with Gasteiger partial charge in [0.15, 0.2) is 0 Å². The van der Waals surface area contributed by atoms with Crippen LogP contribution in [0, 0.1) is 17.6 Å².